The summed E-state index contributed by atoms with van der Waals surface area (Å²) in [5.41, 5.74) is 2.59. The number of amides is 1. The molecule has 0 bridgehead atoms. The standard InChI is InChI=1S/C18H14BrNO/c19-12-14-7-2-4-11-17(14)20-18(21)16-10-5-8-13-6-1-3-9-15(13)16/h1-11H,12H2,(H,20,21). The van der Waals surface area contributed by atoms with Crippen LogP contribution < -0.4 is 5.32 Å². The Balaban J connectivity index is 1.98. The molecule has 0 fully saturated rings. The Labute approximate surface area is 131 Å². The summed E-state index contributed by atoms with van der Waals surface area (Å²) in [6.45, 7) is 0. The number of alkyl halides is 1. The minimum Gasteiger partial charge on any atom is -0.322 e. The highest BCUT2D eigenvalue weighted by Crippen LogP contribution is 2.22. The molecule has 3 aromatic rings. The molecule has 0 aliphatic rings. The zero-order valence-electron chi connectivity index (χ0n) is 11.3. The zero-order valence-corrected chi connectivity index (χ0v) is 12.9. The summed E-state index contributed by atoms with van der Waals surface area (Å²) in [4.78, 5) is 12.6. The van der Waals surface area contributed by atoms with Gasteiger partial charge >= 0.3 is 0 Å². The van der Waals surface area contributed by atoms with Crippen LogP contribution in [0.1, 0.15) is 15.9 Å². The van der Waals surface area contributed by atoms with Crippen molar-refractivity contribution >= 4 is 38.3 Å². The first kappa shape index (κ1) is 13.8. The molecule has 21 heavy (non-hydrogen) atoms. The number of rotatable bonds is 3. The first-order chi connectivity index (χ1) is 10.3. The normalized spacial score (nSPS) is 10.5. The lowest BCUT2D eigenvalue weighted by molar-refractivity contribution is 0.102. The van der Waals surface area contributed by atoms with Gasteiger partial charge in [-0.15, -0.1) is 0 Å². The lowest BCUT2D eigenvalue weighted by Crippen LogP contribution is -2.13. The second-order valence-electron chi connectivity index (χ2n) is 4.77. The number of hydrogen-bond donors (Lipinski definition) is 1. The average molecular weight is 340 g/mol. The second-order valence-corrected chi connectivity index (χ2v) is 5.33. The van der Waals surface area contributed by atoms with Gasteiger partial charge in [0.25, 0.3) is 5.91 Å². The molecule has 0 aliphatic carbocycles. The van der Waals surface area contributed by atoms with Crippen LogP contribution in [0.3, 0.4) is 0 Å². The molecule has 0 atom stereocenters. The molecule has 1 amide bonds. The van der Waals surface area contributed by atoms with Gasteiger partial charge in [-0.1, -0.05) is 70.5 Å². The van der Waals surface area contributed by atoms with E-state index in [1.807, 2.05) is 66.7 Å². The van der Waals surface area contributed by atoms with Gasteiger partial charge in [-0.05, 0) is 28.5 Å². The zero-order chi connectivity index (χ0) is 14.7. The van der Waals surface area contributed by atoms with E-state index in [2.05, 4.69) is 21.2 Å². The van der Waals surface area contributed by atoms with Crippen molar-refractivity contribution in [1.29, 1.82) is 0 Å². The number of benzene rings is 3. The first-order valence-electron chi connectivity index (χ1n) is 6.72. The Morgan fingerprint density at radius 1 is 0.905 bits per heavy atom. The Morgan fingerprint density at radius 2 is 1.62 bits per heavy atom. The van der Waals surface area contributed by atoms with E-state index >= 15 is 0 Å². The van der Waals surface area contributed by atoms with E-state index in [1.165, 1.54) is 0 Å². The number of carbonyl (C=O) groups excluding carboxylic acids is 1. The topological polar surface area (TPSA) is 29.1 Å². The monoisotopic (exact) mass is 339 g/mol. The van der Waals surface area contributed by atoms with E-state index in [0.717, 1.165) is 22.0 Å². The average Bonchev–Trinajstić information content (AvgIpc) is 2.54. The van der Waals surface area contributed by atoms with Crippen molar-refractivity contribution in [2.75, 3.05) is 5.32 Å². The van der Waals surface area contributed by atoms with Crippen LogP contribution in [0.2, 0.25) is 0 Å². The van der Waals surface area contributed by atoms with Gasteiger partial charge in [0.05, 0.1) is 0 Å². The smallest absolute Gasteiger partial charge is 0.256 e. The summed E-state index contributed by atoms with van der Waals surface area (Å²) in [6.07, 6.45) is 0. The molecule has 0 heterocycles. The number of nitrogens with one attached hydrogen (secondary N) is 1. The van der Waals surface area contributed by atoms with Gasteiger partial charge in [-0.2, -0.15) is 0 Å². The van der Waals surface area contributed by atoms with E-state index in [1.54, 1.807) is 0 Å². The molecule has 3 rings (SSSR count). The third-order valence-electron chi connectivity index (χ3n) is 3.44. The maximum Gasteiger partial charge on any atom is 0.256 e. The summed E-state index contributed by atoms with van der Waals surface area (Å²) < 4.78 is 0. The van der Waals surface area contributed by atoms with Crippen molar-refractivity contribution in [3.05, 3.63) is 77.9 Å². The fourth-order valence-electron chi connectivity index (χ4n) is 2.37. The molecule has 0 aliphatic heterocycles. The molecule has 3 aromatic carbocycles. The molecule has 104 valence electrons. The number of carbonyl (C=O) groups is 1. The van der Waals surface area contributed by atoms with Gasteiger partial charge in [0, 0.05) is 16.6 Å². The molecule has 0 saturated carbocycles. The highest BCUT2D eigenvalue weighted by Gasteiger charge is 2.11. The summed E-state index contributed by atoms with van der Waals surface area (Å²) >= 11 is 3.44. The van der Waals surface area contributed by atoms with Crippen LogP contribution in [0.5, 0.6) is 0 Å². The molecule has 0 saturated heterocycles. The van der Waals surface area contributed by atoms with E-state index in [4.69, 9.17) is 0 Å². The van der Waals surface area contributed by atoms with Crippen molar-refractivity contribution in [3.8, 4) is 0 Å². The van der Waals surface area contributed by atoms with E-state index in [-0.39, 0.29) is 5.91 Å². The van der Waals surface area contributed by atoms with Crippen LogP contribution in [0.4, 0.5) is 5.69 Å². The molecule has 0 aromatic heterocycles. The van der Waals surface area contributed by atoms with Crippen molar-refractivity contribution in [2.24, 2.45) is 0 Å². The highest BCUT2D eigenvalue weighted by molar-refractivity contribution is 9.08. The number of fused-ring (bicyclic) bond motifs is 1. The molecule has 3 heteroatoms. The largest absolute Gasteiger partial charge is 0.322 e. The number of para-hydroxylation sites is 1. The van der Waals surface area contributed by atoms with Gasteiger partial charge in [0.2, 0.25) is 0 Å². The van der Waals surface area contributed by atoms with Crippen molar-refractivity contribution in [3.63, 3.8) is 0 Å². The van der Waals surface area contributed by atoms with E-state index < -0.39 is 0 Å². The van der Waals surface area contributed by atoms with Gasteiger partial charge < -0.3 is 5.32 Å². The van der Waals surface area contributed by atoms with Crippen LogP contribution in [-0.2, 0) is 5.33 Å². The molecular weight excluding hydrogens is 326 g/mol. The summed E-state index contributed by atoms with van der Waals surface area (Å²) in [7, 11) is 0. The highest BCUT2D eigenvalue weighted by atomic mass is 79.9. The Hall–Kier alpha value is -2.13. The summed E-state index contributed by atoms with van der Waals surface area (Å²) in [5, 5.41) is 5.74. The predicted octanol–water partition coefficient (Wildman–Crippen LogP) is 4.99. The third-order valence-corrected chi connectivity index (χ3v) is 4.05. The lowest BCUT2D eigenvalue weighted by atomic mass is 10.0. The Kier molecular flexibility index (Phi) is 4.02. The molecule has 0 unspecified atom stereocenters. The fourth-order valence-corrected chi connectivity index (χ4v) is 2.86. The van der Waals surface area contributed by atoms with Crippen molar-refractivity contribution < 1.29 is 4.79 Å². The van der Waals surface area contributed by atoms with Crippen LogP contribution in [0, 0.1) is 0 Å². The third kappa shape index (κ3) is 2.83. The van der Waals surface area contributed by atoms with Crippen LogP contribution in [0.15, 0.2) is 66.7 Å². The molecule has 0 spiro atoms. The van der Waals surface area contributed by atoms with Gasteiger partial charge in [0.15, 0.2) is 0 Å². The van der Waals surface area contributed by atoms with Crippen molar-refractivity contribution in [2.45, 2.75) is 5.33 Å². The SMILES string of the molecule is O=C(Nc1ccccc1CBr)c1cccc2ccccc12. The summed E-state index contributed by atoms with van der Waals surface area (Å²) in [6, 6.07) is 21.5. The number of anilines is 1. The fraction of sp³-hybridized carbons (Fsp3) is 0.0556. The van der Waals surface area contributed by atoms with Crippen LogP contribution in [0.25, 0.3) is 10.8 Å². The minimum atomic E-state index is -0.0831. The van der Waals surface area contributed by atoms with Crippen molar-refractivity contribution in [1.82, 2.24) is 0 Å². The molecule has 2 nitrogen and oxygen atoms in total. The predicted molar refractivity (Wildman–Crippen MR) is 91.0 cm³/mol. The van der Waals surface area contributed by atoms with Crippen LogP contribution >= 0.6 is 15.9 Å². The van der Waals surface area contributed by atoms with Gasteiger partial charge in [-0.25, -0.2) is 0 Å². The molecule has 1 N–H and O–H groups in total. The van der Waals surface area contributed by atoms with Gasteiger partial charge in [-0.3, -0.25) is 4.79 Å². The maximum atomic E-state index is 12.6. The maximum absolute atomic E-state index is 12.6. The quantitative estimate of drug-likeness (QED) is 0.669. The Bertz CT molecular complexity index is 793. The molecular formula is C18H14BrNO. The van der Waals surface area contributed by atoms with Gasteiger partial charge in [0.1, 0.15) is 0 Å². The Morgan fingerprint density at radius 3 is 2.48 bits per heavy atom. The lowest BCUT2D eigenvalue weighted by Gasteiger charge is -2.11. The van der Waals surface area contributed by atoms with E-state index in [9.17, 15) is 4.79 Å². The molecule has 0 radical (unpaired) electrons. The van der Waals surface area contributed by atoms with Crippen LogP contribution in [-0.4, -0.2) is 5.91 Å². The second kappa shape index (κ2) is 6.10. The number of hydrogen-bond acceptors (Lipinski definition) is 1. The van der Waals surface area contributed by atoms with E-state index in [0.29, 0.717) is 10.9 Å². The summed E-state index contributed by atoms with van der Waals surface area (Å²) in [5.74, 6) is -0.0831. The number of halogens is 1. The minimum absolute atomic E-state index is 0.0831. The first-order valence-corrected chi connectivity index (χ1v) is 7.85.